The van der Waals surface area contributed by atoms with Crippen molar-refractivity contribution in [1.82, 2.24) is 10.2 Å². The van der Waals surface area contributed by atoms with Gasteiger partial charge in [-0.2, -0.15) is 0 Å². The molecule has 0 aromatic carbocycles. The summed E-state index contributed by atoms with van der Waals surface area (Å²) in [5, 5.41) is 3.57. The van der Waals surface area contributed by atoms with E-state index in [-0.39, 0.29) is 0 Å². The zero-order valence-corrected chi connectivity index (χ0v) is 10.6. The number of nitrogens with zero attached hydrogens (tertiary/aromatic N) is 1. The molecular weight excluding hydrogens is 200 g/mol. The van der Waals surface area contributed by atoms with Crippen molar-refractivity contribution in [1.29, 1.82) is 0 Å². The number of piperidine rings is 1. The molecule has 2 heterocycles. The Morgan fingerprint density at radius 2 is 2.19 bits per heavy atom. The average molecular weight is 226 g/mol. The minimum Gasteiger partial charge on any atom is -0.384 e. The van der Waals surface area contributed by atoms with Crippen molar-refractivity contribution in [2.24, 2.45) is 5.92 Å². The van der Waals surface area contributed by atoms with E-state index in [0.29, 0.717) is 0 Å². The molecule has 0 aromatic heterocycles. The molecule has 2 unspecified atom stereocenters. The molecule has 0 aliphatic carbocycles. The minimum atomic E-state index is 0.766. The van der Waals surface area contributed by atoms with Gasteiger partial charge in [0.05, 0.1) is 6.61 Å². The lowest BCUT2D eigenvalue weighted by Crippen LogP contribution is -2.47. The second-order valence-corrected chi connectivity index (χ2v) is 5.31. The van der Waals surface area contributed by atoms with Gasteiger partial charge in [-0.15, -0.1) is 0 Å². The maximum atomic E-state index is 5.30. The zero-order chi connectivity index (χ0) is 11.2. The fourth-order valence-electron chi connectivity index (χ4n) is 3.11. The van der Waals surface area contributed by atoms with Gasteiger partial charge < -0.3 is 10.1 Å². The second-order valence-electron chi connectivity index (χ2n) is 5.31. The topological polar surface area (TPSA) is 24.5 Å². The van der Waals surface area contributed by atoms with E-state index in [1.165, 1.54) is 58.3 Å². The number of likely N-dealkylation sites (tertiary alicyclic amines) is 1. The van der Waals surface area contributed by atoms with Crippen molar-refractivity contribution in [3.8, 4) is 0 Å². The first-order valence-corrected chi connectivity index (χ1v) is 6.84. The van der Waals surface area contributed by atoms with Crippen LogP contribution in [0.2, 0.25) is 0 Å². The van der Waals surface area contributed by atoms with Crippen LogP contribution in [0.5, 0.6) is 0 Å². The lowest BCUT2D eigenvalue weighted by molar-refractivity contribution is 0.0666. The maximum absolute atomic E-state index is 5.30. The van der Waals surface area contributed by atoms with Gasteiger partial charge in [-0.3, -0.25) is 4.90 Å². The van der Waals surface area contributed by atoms with Crippen LogP contribution in [0, 0.1) is 5.92 Å². The van der Waals surface area contributed by atoms with Crippen LogP contribution in [0.3, 0.4) is 0 Å². The Morgan fingerprint density at radius 3 is 3.06 bits per heavy atom. The molecule has 94 valence electrons. The van der Waals surface area contributed by atoms with Gasteiger partial charge in [0.1, 0.15) is 0 Å². The number of nitrogens with one attached hydrogen (secondary N) is 1. The van der Waals surface area contributed by atoms with E-state index in [1.807, 2.05) is 7.11 Å². The number of methoxy groups -OCH3 is 1. The van der Waals surface area contributed by atoms with Crippen molar-refractivity contribution in [2.75, 3.05) is 39.9 Å². The lowest BCUT2D eigenvalue weighted by atomic mass is 9.96. The van der Waals surface area contributed by atoms with Crippen LogP contribution in [0.1, 0.15) is 32.1 Å². The predicted octanol–water partition coefficient (Wildman–Crippen LogP) is 1.49. The van der Waals surface area contributed by atoms with Gasteiger partial charge in [-0.1, -0.05) is 6.42 Å². The number of ether oxygens (including phenoxy) is 1. The van der Waals surface area contributed by atoms with Crippen LogP contribution >= 0.6 is 0 Å². The Morgan fingerprint density at radius 1 is 1.25 bits per heavy atom. The summed E-state index contributed by atoms with van der Waals surface area (Å²) in [6.07, 6.45) is 6.83. The van der Waals surface area contributed by atoms with Gasteiger partial charge in [-0.05, 0) is 44.7 Å². The molecule has 2 saturated heterocycles. The molecule has 2 fully saturated rings. The highest BCUT2D eigenvalue weighted by Gasteiger charge is 2.26. The standard InChI is InChI=1S/C13H26N2O/c1-16-11-12-5-4-8-15(10-12)13-6-2-3-7-14-9-13/h12-14H,2-11H2,1H3. The maximum Gasteiger partial charge on any atom is 0.0502 e. The van der Waals surface area contributed by atoms with Crippen LogP contribution in [0.25, 0.3) is 0 Å². The smallest absolute Gasteiger partial charge is 0.0502 e. The van der Waals surface area contributed by atoms with E-state index in [2.05, 4.69) is 10.2 Å². The molecule has 2 rings (SSSR count). The first kappa shape index (κ1) is 12.3. The lowest BCUT2D eigenvalue weighted by Gasteiger charge is -2.37. The summed E-state index contributed by atoms with van der Waals surface area (Å²) in [6.45, 7) is 5.90. The second kappa shape index (κ2) is 6.58. The fraction of sp³-hybridized carbons (Fsp3) is 1.00. The summed E-state index contributed by atoms with van der Waals surface area (Å²) < 4.78 is 5.30. The Kier molecular flexibility index (Phi) is 5.07. The van der Waals surface area contributed by atoms with Crippen molar-refractivity contribution in [2.45, 2.75) is 38.1 Å². The monoisotopic (exact) mass is 226 g/mol. The van der Waals surface area contributed by atoms with Gasteiger partial charge >= 0.3 is 0 Å². The van der Waals surface area contributed by atoms with Crippen LogP contribution in [0.15, 0.2) is 0 Å². The average Bonchev–Trinajstić information content (AvgIpc) is 2.58. The van der Waals surface area contributed by atoms with E-state index < -0.39 is 0 Å². The SMILES string of the molecule is COCC1CCCN(C2CCCCNC2)C1. The third kappa shape index (κ3) is 3.44. The van der Waals surface area contributed by atoms with E-state index >= 15 is 0 Å². The van der Waals surface area contributed by atoms with Crippen molar-refractivity contribution in [3.63, 3.8) is 0 Å². The Bertz CT molecular complexity index is 188. The Hall–Kier alpha value is -0.120. The predicted molar refractivity (Wildman–Crippen MR) is 66.7 cm³/mol. The van der Waals surface area contributed by atoms with Crippen LogP contribution in [-0.2, 0) is 4.74 Å². The largest absolute Gasteiger partial charge is 0.384 e. The first-order valence-electron chi connectivity index (χ1n) is 6.84. The molecule has 0 bridgehead atoms. The summed E-state index contributed by atoms with van der Waals surface area (Å²) >= 11 is 0. The van der Waals surface area contributed by atoms with Gasteiger partial charge in [0, 0.05) is 26.2 Å². The van der Waals surface area contributed by atoms with Crippen LogP contribution in [0.4, 0.5) is 0 Å². The summed E-state index contributed by atoms with van der Waals surface area (Å²) in [5.74, 6) is 0.766. The molecule has 0 aromatic rings. The normalized spacial score (nSPS) is 33.6. The summed E-state index contributed by atoms with van der Waals surface area (Å²) in [4.78, 5) is 2.70. The molecular formula is C13H26N2O. The first-order chi connectivity index (χ1) is 7.90. The summed E-state index contributed by atoms with van der Waals surface area (Å²) in [6, 6.07) is 0.780. The molecule has 16 heavy (non-hydrogen) atoms. The summed E-state index contributed by atoms with van der Waals surface area (Å²) in [7, 11) is 1.83. The third-order valence-electron chi connectivity index (χ3n) is 3.99. The van der Waals surface area contributed by atoms with Crippen molar-refractivity contribution in [3.05, 3.63) is 0 Å². The van der Waals surface area contributed by atoms with E-state index in [9.17, 15) is 0 Å². The summed E-state index contributed by atoms with van der Waals surface area (Å²) in [5.41, 5.74) is 0. The molecule has 2 aliphatic rings. The third-order valence-corrected chi connectivity index (χ3v) is 3.99. The van der Waals surface area contributed by atoms with Gasteiger partial charge in [-0.25, -0.2) is 0 Å². The van der Waals surface area contributed by atoms with Gasteiger partial charge in [0.2, 0.25) is 0 Å². The Labute approximate surface area is 99.5 Å². The fourth-order valence-corrected chi connectivity index (χ4v) is 3.11. The van der Waals surface area contributed by atoms with E-state index in [1.54, 1.807) is 0 Å². The molecule has 0 amide bonds. The highest BCUT2D eigenvalue weighted by molar-refractivity contribution is 4.82. The number of rotatable bonds is 3. The molecule has 2 aliphatic heterocycles. The van der Waals surface area contributed by atoms with Crippen molar-refractivity contribution < 1.29 is 4.74 Å². The van der Waals surface area contributed by atoms with Crippen LogP contribution < -0.4 is 5.32 Å². The molecule has 0 spiro atoms. The number of hydrogen-bond acceptors (Lipinski definition) is 3. The molecule has 2 atom stereocenters. The molecule has 3 heteroatoms. The van der Waals surface area contributed by atoms with E-state index in [0.717, 1.165) is 18.6 Å². The Balaban J connectivity index is 1.82. The molecule has 3 nitrogen and oxygen atoms in total. The number of hydrogen-bond donors (Lipinski definition) is 1. The minimum absolute atomic E-state index is 0.766. The highest BCUT2D eigenvalue weighted by Crippen LogP contribution is 2.21. The highest BCUT2D eigenvalue weighted by atomic mass is 16.5. The molecule has 0 saturated carbocycles. The van der Waals surface area contributed by atoms with Gasteiger partial charge in [0.25, 0.3) is 0 Å². The zero-order valence-electron chi connectivity index (χ0n) is 10.6. The van der Waals surface area contributed by atoms with E-state index in [4.69, 9.17) is 4.74 Å². The molecule has 1 N–H and O–H groups in total. The van der Waals surface area contributed by atoms with Crippen molar-refractivity contribution >= 4 is 0 Å². The van der Waals surface area contributed by atoms with Crippen LogP contribution in [-0.4, -0.2) is 50.8 Å². The quantitative estimate of drug-likeness (QED) is 0.789. The van der Waals surface area contributed by atoms with Gasteiger partial charge in [0.15, 0.2) is 0 Å². The molecule has 0 radical (unpaired) electrons.